The lowest BCUT2D eigenvalue weighted by Crippen LogP contribution is -1.98. The number of esters is 1. The van der Waals surface area contributed by atoms with Gasteiger partial charge in [-0.3, -0.25) is 0 Å². The average molecular weight is 252 g/mol. The van der Waals surface area contributed by atoms with Gasteiger partial charge in [-0.2, -0.15) is 5.10 Å². The van der Waals surface area contributed by atoms with Gasteiger partial charge in [-0.25, -0.2) is 14.3 Å². The molecule has 0 aromatic carbocycles. The highest BCUT2D eigenvalue weighted by atomic mass is 35.5. The Morgan fingerprint density at radius 1 is 1.65 bits per heavy atom. The van der Waals surface area contributed by atoms with Crippen molar-refractivity contribution in [3.63, 3.8) is 0 Å². The molecular formula is C11H10ClN3O2. The molecule has 0 saturated carbocycles. The first kappa shape index (κ1) is 11.6. The Morgan fingerprint density at radius 3 is 3.24 bits per heavy atom. The van der Waals surface area contributed by atoms with E-state index in [0.29, 0.717) is 23.0 Å². The van der Waals surface area contributed by atoms with Crippen LogP contribution in [0.25, 0.3) is 11.7 Å². The molecule has 2 heterocycles. The van der Waals surface area contributed by atoms with Gasteiger partial charge >= 0.3 is 5.97 Å². The van der Waals surface area contributed by atoms with E-state index in [-0.39, 0.29) is 0 Å². The highest BCUT2D eigenvalue weighted by molar-refractivity contribution is 6.29. The predicted molar refractivity (Wildman–Crippen MR) is 63.7 cm³/mol. The van der Waals surface area contributed by atoms with Crippen molar-refractivity contribution in [2.45, 2.75) is 6.92 Å². The molecule has 0 N–H and O–H groups in total. The zero-order valence-electron chi connectivity index (χ0n) is 9.13. The lowest BCUT2D eigenvalue weighted by atomic mass is 10.3. The molecule has 2 rings (SSSR count). The molecular weight excluding hydrogens is 242 g/mol. The standard InChI is InChI=1S/C11H10ClN3O2/c1-2-17-10(16)4-3-8-7-13-15-6-5-9(12)14-11(8)15/h3-7H,2H2,1H3. The number of nitrogens with zero attached hydrogens (tertiary/aromatic N) is 3. The van der Waals surface area contributed by atoms with Crippen molar-refractivity contribution in [2.24, 2.45) is 0 Å². The first-order chi connectivity index (χ1) is 8.20. The van der Waals surface area contributed by atoms with Crippen LogP contribution in [-0.4, -0.2) is 27.2 Å². The van der Waals surface area contributed by atoms with E-state index in [2.05, 4.69) is 10.1 Å². The fourth-order valence-electron chi connectivity index (χ4n) is 1.33. The highest BCUT2D eigenvalue weighted by Crippen LogP contribution is 2.12. The Morgan fingerprint density at radius 2 is 2.47 bits per heavy atom. The van der Waals surface area contributed by atoms with Gasteiger partial charge in [0.05, 0.1) is 12.8 Å². The summed E-state index contributed by atoms with van der Waals surface area (Å²) in [5.74, 6) is -0.395. The lowest BCUT2D eigenvalue weighted by Gasteiger charge is -1.95. The number of carbonyl (C=O) groups excluding carboxylic acids is 1. The SMILES string of the molecule is CCOC(=O)C=Cc1cnn2ccc(Cl)nc12. The largest absolute Gasteiger partial charge is 0.463 e. The van der Waals surface area contributed by atoms with E-state index >= 15 is 0 Å². The van der Waals surface area contributed by atoms with E-state index in [1.807, 2.05) is 0 Å². The van der Waals surface area contributed by atoms with Crippen molar-refractivity contribution in [3.05, 3.63) is 35.3 Å². The van der Waals surface area contributed by atoms with Crippen molar-refractivity contribution in [2.75, 3.05) is 6.61 Å². The van der Waals surface area contributed by atoms with Gasteiger partial charge in [-0.15, -0.1) is 0 Å². The summed E-state index contributed by atoms with van der Waals surface area (Å²) in [7, 11) is 0. The molecule has 0 amide bonds. The van der Waals surface area contributed by atoms with Crippen LogP contribution in [0, 0.1) is 0 Å². The van der Waals surface area contributed by atoms with Gasteiger partial charge in [-0.05, 0) is 19.1 Å². The molecule has 0 saturated heterocycles. The van der Waals surface area contributed by atoms with Crippen LogP contribution in [0.1, 0.15) is 12.5 Å². The third kappa shape index (κ3) is 2.62. The molecule has 0 atom stereocenters. The van der Waals surface area contributed by atoms with Crippen molar-refractivity contribution in [1.29, 1.82) is 0 Å². The molecule has 17 heavy (non-hydrogen) atoms. The van der Waals surface area contributed by atoms with Gasteiger partial charge in [0.25, 0.3) is 0 Å². The van der Waals surface area contributed by atoms with Gasteiger partial charge in [-0.1, -0.05) is 11.6 Å². The minimum atomic E-state index is -0.395. The maximum absolute atomic E-state index is 11.2. The van der Waals surface area contributed by atoms with E-state index in [9.17, 15) is 4.79 Å². The van der Waals surface area contributed by atoms with E-state index in [0.717, 1.165) is 0 Å². The van der Waals surface area contributed by atoms with E-state index in [1.165, 1.54) is 6.08 Å². The highest BCUT2D eigenvalue weighted by Gasteiger charge is 2.04. The number of hydrogen-bond acceptors (Lipinski definition) is 4. The van der Waals surface area contributed by atoms with Crippen LogP contribution in [0.15, 0.2) is 24.5 Å². The summed E-state index contributed by atoms with van der Waals surface area (Å²) in [6.07, 6.45) is 6.24. The fourth-order valence-corrected chi connectivity index (χ4v) is 1.47. The Labute approximate surface area is 103 Å². The Bertz CT molecular complexity index is 577. The molecule has 0 unspecified atom stereocenters. The molecule has 0 aliphatic heterocycles. The second kappa shape index (κ2) is 4.97. The first-order valence-electron chi connectivity index (χ1n) is 5.05. The van der Waals surface area contributed by atoms with Gasteiger partial charge in [0.15, 0.2) is 5.65 Å². The number of halogens is 1. The Hall–Kier alpha value is -1.88. The van der Waals surface area contributed by atoms with Crippen molar-refractivity contribution < 1.29 is 9.53 Å². The Kier molecular flexibility index (Phi) is 3.39. The van der Waals surface area contributed by atoms with Crippen LogP contribution in [0.2, 0.25) is 5.15 Å². The van der Waals surface area contributed by atoms with Gasteiger partial charge < -0.3 is 4.74 Å². The summed E-state index contributed by atoms with van der Waals surface area (Å²) in [5, 5.41) is 4.45. The molecule has 2 aromatic heterocycles. The van der Waals surface area contributed by atoms with Crippen molar-refractivity contribution in [1.82, 2.24) is 14.6 Å². The number of fused-ring (bicyclic) bond motifs is 1. The lowest BCUT2D eigenvalue weighted by molar-refractivity contribution is -0.137. The monoisotopic (exact) mass is 251 g/mol. The fraction of sp³-hybridized carbons (Fsp3) is 0.182. The summed E-state index contributed by atoms with van der Waals surface area (Å²) in [4.78, 5) is 15.3. The average Bonchev–Trinajstić information content (AvgIpc) is 2.69. The molecule has 0 bridgehead atoms. The number of aromatic nitrogens is 3. The van der Waals surface area contributed by atoms with Crippen LogP contribution in [0.5, 0.6) is 0 Å². The van der Waals surface area contributed by atoms with Gasteiger partial charge in [0, 0.05) is 17.8 Å². The second-order valence-electron chi connectivity index (χ2n) is 3.20. The van der Waals surface area contributed by atoms with Crippen LogP contribution < -0.4 is 0 Å². The van der Waals surface area contributed by atoms with Crippen molar-refractivity contribution >= 4 is 29.3 Å². The zero-order chi connectivity index (χ0) is 12.3. The van der Waals surface area contributed by atoms with Crippen LogP contribution >= 0.6 is 11.6 Å². The van der Waals surface area contributed by atoms with Crippen LogP contribution in [0.3, 0.4) is 0 Å². The molecule has 0 radical (unpaired) electrons. The topological polar surface area (TPSA) is 56.5 Å². The number of hydrogen-bond donors (Lipinski definition) is 0. The van der Waals surface area contributed by atoms with E-state index in [4.69, 9.17) is 16.3 Å². The molecule has 5 nitrogen and oxygen atoms in total. The van der Waals surface area contributed by atoms with Gasteiger partial charge in [0.1, 0.15) is 5.15 Å². The minimum Gasteiger partial charge on any atom is -0.463 e. The third-order valence-electron chi connectivity index (χ3n) is 2.05. The number of carbonyl (C=O) groups is 1. The first-order valence-corrected chi connectivity index (χ1v) is 5.43. The summed E-state index contributed by atoms with van der Waals surface area (Å²) >= 11 is 5.79. The predicted octanol–water partition coefficient (Wildman–Crippen LogP) is 1.96. The van der Waals surface area contributed by atoms with Crippen molar-refractivity contribution in [3.8, 4) is 0 Å². The third-order valence-corrected chi connectivity index (χ3v) is 2.26. The van der Waals surface area contributed by atoms with Gasteiger partial charge in [0.2, 0.25) is 0 Å². The molecule has 88 valence electrons. The zero-order valence-corrected chi connectivity index (χ0v) is 9.89. The molecule has 0 fully saturated rings. The van der Waals surface area contributed by atoms with Crippen LogP contribution in [0.4, 0.5) is 0 Å². The minimum absolute atomic E-state index is 0.349. The molecule has 6 heteroatoms. The molecule has 0 aliphatic carbocycles. The maximum atomic E-state index is 11.2. The molecule has 2 aromatic rings. The summed E-state index contributed by atoms with van der Waals surface area (Å²) < 4.78 is 6.36. The maximum Gasteiger partial charge on any atom is 0.330 e. The number of rotatable bonds is 3. The quantitative estimate of drug-likeness (QED) is 0.475. The smallest absolute Gasteiger partial charge is 0.330 e. The molecule has 0 aliphatic rings. The summed E-state index contributed by atoms with van der Waals surface area (Å²) in [6, 6.07) is 1.64. The van der Waals surface area contributed by atoms with Crippen LogP contribution in [-0.2, 0) is 9.53 Å². The second-order valence-corrected chi connectivity index (χ2v) is 3.59. The summed E-state index contributed by atoms with van der Waals surface area (Å²) in [5.41, 5.74) is 1.30. The number of ether oxygens (including phenoxy) is 1. The Balaban J connectivity index is 2.30. The van der Waals surface area contributed by atoms with E-state index < -0.39 is 5.97 Å². The summed E-state index contributed by atoms with van der Waals surface area (Å²) in [6.45, 7) is 2.10. The molecule has 0 spiro atoms. The normalized spacial score (nSPS) is 11.2. The van der Waals surface area contributed by atoms with E-state index in [1.54, 1.807) is 36.0 Å².